The van der Waals surface area contributed by atoms with E-state index in [1.807, 2.05) is 13.8 Å². The first-order chi connectivity index (χ1) is 9.10. The lowest BCUT2D eigenvalue weighted by Crippen LogP contribution is -2.38. The SMILES string of the molecule is CC.CO.NC(N)=NCCCC(CO)NC(=O)C=O. The van der Waals surface area contributed by atoms with Crippen molar-refractivity contribution >= 4 is 18.2 Å². The molecule has 0 saturated heterocycles. The summed E-state index contributed by atoms with van der Waals surface area (Å²) < 4.78 is 0. The number of aliphatic hydroxyl groups excluding tert-OH is 2. The summed E-state index contributed by atoms with van der Waals surface area (Å²) in [5.41, 5.74) is 10.2. The van der Waals surface area contributed by atoms with E-state index in [0.717, 1.165) is 7.11 Å². The third kappa shape index (κ3) is 18.9. The highest BCUT2D eigenvalue weighted by molar-refractivity contribution is 6.23. The minimum absolute atomic E-state index is 0.00692. The molecular weight excluding hydrogens is 252 g/mol. The lowest BCUT2D eigenvalue weighted by atomic mass is 10.1. The molecule has 7 N–H and O–H groups in total. The Morgan fingerprint density at radius 1 is 1.37 bits per heavy atom. The van der Waals surface area contributed by atoms with Crippen molar-refractivity contribution in [3.63, 3.8) is 0 Å². The van der Waals surface area contributed by atoms with Crippen molar-refractivity contribution in [1.82, 2.24) is 5.32 Å². The Morgan fingerprint density at radius 3 is 2.26 bits per heavy atom. The largest absolute Gasteiger partial charge is 0.400 e. The molecule has 0 aliphatic carbocycles. The number of nitrogens with two attached hydrogens (primary N) is 2. The maximum absolute atomic E-state index is 10.7. The number of nitrogens with zero attached hydrogens (tertiary/aromatic N) is 1. The van der Waals surface area contributed by atoms with Gasteiger partial charge >= 0.3 is 0 Å². The average molecular weight is 278 g/mol. The fraction of sp³-hybridized carbons (Fsp3) is 0.727. The first kappa shape index (κ1) is 22.5. The van der Waals surface area contributed by atoms with E-state index in [4.69, 9.17) is 21.7 Å². The van der Waals surface area contributed by atoms with Crippen LogP contribution < -0.4 is 16.8 Å². The van der Waals surface area contributed by atoms with Crippen LogP contribution in [0.4, 0.5) is 0 Å². The van der Waals surface area contributed by atoms with Gasteiger partial charge in [-0.2, -0.15) is 0 Å². The first-order valence-corrected chi connectivity index (χ1v) is 5.96. The van der Waals surface area contributed by atoms with Crippen molar-refractivity contribution in [3.05, 3.63) is 0 Å². The molecule has 0 aliphatic heterocycles. The van der Waals surface area contributed by atoms with Gasteiger partial charge in [0.2, 0.25) is 6.29 Å². The van der Waals surface area contributed by atoms with Gasteiger partial charge in [0.05, 0.1) is 12.6 Å². The van der Waals surface area contributed by atoms with Crippen molar-refractivity contribution in [2.75, 3.05) is 20.3 Å². The molecule has 0 bridgehead atoms. The number of aliphatic hydroxyl groups is 2. The molecule has 0 radical (unpaired) electrons. The topological polar surface area (TPSA) is 151 Å². The van der Waals surface area contributed by atoms with Gasteiger partial charge in [0.25, 0.3) is 5.91 Å². The standard InChI is InChI=1S/C8H16N4O3.C2H6.CH4O/c9-8(10)11-3-1-2-6(4-13)12-7(15)5-14;2*1-2/h5-6,13H,1-4H2,(H,12,15)(H4,9,10,11);1-2H3;2H,1H3. The Hall–Kier alpha value is -1.67. The molecule has 0 rings (SSSR count). The second-order valence-corrected chi connectivity index (χ2v) is 2.95. The van der Waals surface area contributed by atoms with Gasteiger partial charge in [0.15, 0.2) is 5.96 Å². The Bertz CT molecular complexity index is 243. The number of hydrogen-bond donors (Lipinski definition) is 5. The molecule has 8 nitrogen and oxygen atoms in total. The highest BCUT2D eigenvalue weighted by Crippen LogP contribution is 1.96. The fourth-order valence-electron chi connectivity index (χ4n) is 0.990. The van der Waals surface area contributed by atoms with Crippen LogP contribution >= 0.6 is 0 Å². The molecule has 0 fully saturated rings. The number of amides is 1. The summed E-state index contributed by atoms with van der Waals surface area (Å²) >= 11 is 0. The van der Waals surface area contributed by atoms with Crippen LogP contribution in [0.15, 0.2) is 4.99 Å². The number of nitrogens with one attached hydrogen (secondary N) is 1. The van der Waals surface area contributed by atoms with E-state index in [9.17, 15) is 9.59 Å². The minimum atomic E-state index is -0.740. The molecule has 0 heterocycles. The molecule has 1 atom stereocenters. The quantitative estimate of drug-likeness (QED) is 0.124. The Morgan fingerprint density at radius 2 is 1.89 bits per heavy atom. The molecule has 8 heteroatoms. The van der Waals surface area contributed by atoms with E-state index in [2.05, 4.69) is 10.3 Å². The van der Waals surface area contributed by atoms with Gasteiger partial charge < -0.3 is 27.0 Å². The zero-order chi connectivity index (χ0) is 15.7. The summed E-state index contributed by atoms with van der Waals surface area (Å²) in [5, 5.41) is 18.2. The summed E-state index contributed by atoms with van der Waals surface area (Å²) in [4.78, 5) is 24.4. The van der Waals surface area contributed by atoms with E-state index < -0.39 is 11.9 Å². The molecule has 1 amide bonds. The predicted octanol–water partition coefficient (Wildman–Crippen LogP) is -1.65. The Balaban J connectivity index is -0.000000579. The van der Waals surface area contributed by atoms with Crippen LogP contribution in [0.25, 0.3) is 0 Å². The molecular formula is C11H26N4O4. The van der Waals surface area contributed by atoms with Crippen molar-refractivity contribution < 1.29 is 19.8 Å². The van der Waals surface area contributed by atoms with Crippen LogP contribution in [0.3, 0.4) is 0 Å². The average Bonchev–Trinajstić information content (AvgIpc) is 2.45. The number of aliphatic imine (C=N–C) groups is 1. The number of carbonyl (C=O) groups is 2. The second kappa shape index (κ2) is 18.7. The number of aldehydes is 1. The zero-order valence-corrected chi connectivity index (χ0v) is 11.8. The molecule has 19 heavy (non-hydrogen) atoms. The second-order valence-electron chi connectivity index (χ2n) is 2.95. The maximum Gasteiger partial charge on any atom is 0.284 e. The highest BCUT2D eigenvalue weighted by atomic mass is 16.3. The van der Waals surface area contributed by atoms with Gasteiger partial charge in [0, 0.05) is 13.7 Å². The molecule has 0 aliphatic rings. The third-order valence-corrected chi connectivity index (χ3v) is 1.68. The van der Waals surface area contributed by atoms with Crippen molar-refractivity contribution in [3.8, 4) is 0 Å². The van der Waals surface area contributed by atoms with Crippen LogP contribution in [0.1, 0.15) is 26.7 Å². The van der Waals surface area contributed by atoms with E-state index in [1.54, 1.807) is 0 Å². The lowest BCUT2D eigenvalue weighted by molar-refractivity contribution is -0.132. The Labute approximate surface area is 113 Å². The molecule has 1 unspecified atom stereocenters. The molecule has 0 aromatic heterocycles. The fourth-order valence-corrected chi connectivity index (χ4v) is 0.990. The molecule has 0 spiro atoms. The van der Waals surface area contributed by atoms with Crippen molar-refractivity contribution in [2.45, 2.75) is 32.7 Å². The van der Waals surface area contributed by atoms with E-state index in [1.165, 1.54) is 0 Å². The maximum atomic E-state index is 10.7. The van der Waals surface area contributed by atoms with Crippen molar-refractivity contribution in [2.24, 2.45) is 16.5 Å². The van der Waals surface area contributed by atoms with Gasteiger partial charge in [-0.15, -0.1) is 0 Å². The van der Waals surface area contributed by atoms with Gasteiger partial charge in [-0.25, -0.2) is 0 Å². The third-order valence-electron chi connectivity index (χ3n) is 1.68. The Kier molecular flexibility index (Phi) is 22.1. The van der Waals surface area contributed by atoms with Gasteiger partial charge in [-0.1, -0.05) is 13.8 Å². The normalized spacial score (nSPS) is 9.74. The summed E-state index contributed by atoms with van der Waals surface area (Å²) in [5.74, 6) is -0.733. The molecule has 0 aromatic rings. The van der Waals surface area contributed by atoms with Crippen LogP contribution in [0.5, 0.6) is 0 Å². The van der Waals surface area contributed by atoms with Crippen molar-refractivity contribution in [1.29, 1.82) is 0 Å². The number of rotatable bonds is 7. The summed E-state index contributed by atoms with van der Waals surface area (Å²) in [6, 6.07) is -0.433. The first-order valence-electron chi connectivity index (χ1n) is 5.96. The van der Waals surface area contributed by atoms with Gasteiger partial charge in [-0.05, 0) is 12.8 Å². The van der Waals surface area contributed by atoms with Crippen LogP contribution in [0, 0.1) is 0 Å². The van der Waals surface area contributed by atoms with E-state index in [-0.39, 0.29) is 18.9 Å². The monoisotopic (exact) mass is 278 g/mol. The van der Waals surface area contributed by atoms with Gasteiger partial charge in [-0.3, -0.25) is 14.6 Å². The van der Waals surface area contributed by atoms with Crippen LogP contribution in [-0.2, 0) is 9.59 Å². The predicted molar refractivity (Wildman–Crippen MR) is 74.5 cm³/mol. The van der Waals surface area contributed by atoms with Crippen LogP contribution in [0.2, 0.25) is 0 Å². The number of hydrogen-bond acceptors (Lipinski definition) is 5. The van der Waals surface area contributed by atoms with E-state index >= 15 is 0 Å². The molecule has 0 aromatic carbocycles. The number of carbonyl (C=O) groups excluding carboxylic acids is 2. The lowest BCUT2D eigenvalue weighted by Gasteiger charge is -2.13. The smallest absolute Gasteiger partial charge is 0.284 e. The van der Waals surface area contributed by atoms with Crippen LogP contribution in [-0.4, -0.2) is 54.7 Å². The summed E-state index contributed by atoms with van der Waals surface area (Å²) in [6.07, 6.45) is 1.29. The van der Waals surface area contributed by atoms with E-state index in [0.29, 0.717) is 19.4 Å². The zero-order valence-electron chi connectivity index (χ0n) is 11.8. The number of guanidine groups is 1. The highest BCUT2D eigenvalue weighted by Gasteiger charge is 2.09. The summed E-state index contributed by atoms with van der Waals surface area (Å²) in [7, 11) is 1.00. The molecule has 0 saturated carbocycles. The van der Waals surface area contributed by atoms with Gasteiger partial charge in [0.1, 0.15) is 0 Å². The molecule has 114 valence electrons. The minimum Gasteiger partial charge on any atom is -0.400 e. The summed E-state index contributed by atoms with van der Waals surface area (Å²) in [6.45, 7) is 4.21.